The lowest BCUT2D eigenvalue weighted by molar-refractivity contribution is 0.959. The summed E-state index contributed by atoms with van der Waals surface area (Å²) in [5.41, 5.74) is 13.0. The van der Waals surface area contributed by atoms with Crippen LogP contribution in [0.25, 0.3) is 88.5 Å². The van der Waals surface area contributed by atoms with Crippen LogP contribution in [0.3, 0.4) is 0 Å². The van der Waals surface area contributed by atoms with E-state index in [4.69, 9.17) is 4.98 Å². The number of fused-ring (bicyclic) bond motifs is 3. The molecule has 9 aromatic rings. The molecule has 0 fully saturated rings. The van der Waals surface area contributed by atoms with Gasteiger partial charge < -0.3 is 4.57 Å². The number of aromatic nitrogens is 2. The molecule has 0 radical (unpaired) electrons. The number of aryl methyl sites for hydroxylation is 1. The zero-order chi connectivity index (χ0) is 32.0. The molecule has 2 nitrogen and oxygen atoms in total. The Balaban J connectivity index is 1.22. The van der Waals surface area contributed by atoms with E-state index in [0.29, 0.717) is 0 Å². The maximum atomic E-state index is 5.04. The molecular formula is C46H32N2. The largest absolute Gasteiger partial charge is 0.327 e. The van der Waals surface area contributed by atoms with E-state index in [9.17, 15) is 0 Å². The SMILES string of the molecule is Cn1c(-c2ccccc2)nc2cc(-c3cccc(-c4ccc5c(-c6ccccc6)c6ccccc6c(-c6ccccc6)c5c4)c3)ccc21. The van der Waals surface area contributed by atoms with Gasteiger partial charge in [-0.3, -0.25) is 0 Å². The Hall–Kier alpha value is -6.25. The molecule has 0 spiro atoms. The standard InChI is InChI=1S/C46H32N2/c1-48-43-27-25-37(30-42(43)47-46(48)33-18-9-4-10-19-33)35-21-13-20-34(28-35)36-24-26-40-41(29-36)45(32-16-7-3-8-17-32)39-23-12-11-22-38(39)44(40)31-14-5-2-6-15-31/h2-30H,1H3. The molecule has 0 atom stereocenters. The average molecular weight is 613 g/mol. The average Bonchev–Trinajstić information content (AvgIpc) is 3.50. The molecule has 1 aromatic heterocycles. The van der Waals surface area contributed by atoms with Crippen LogP contribution >= 0.6 is 0 Å². The number of imidazole rings is 1. The van der Waals surface area contributed by atoms with E-state index in [-0.39, 0.29) is 0 Å². The highest BCUT2D eigenvalue weighted by molar-refractivity contribution is 6.22. The van der Waals surface area contributed by atoms with Crippen LogP contribution in [0.1, 0.15) is 0 Å². The minimum atomic E-state index is 0.976. The normalized spacial score (nSPS) is 11.4. The lowest BCUT2D eigenvalue weighted by Gasteiger charge is -2.19. The van der Waals surface area contributed by atoms with Crippen LogP contribution in [0.15, 0.2) is 176 Å². The predicted octanol–water partition coefficient (Wildman–Crippen LogP) is 12.2. The van der Waals surface area contributed by atoms with E-state index in [0.717, 1.165) is 28.0 Å². The van der Waals surface area contributed by atoms with Crippen molar-refractivity contribution >= 4 is 32.6 Å². The molecule has 226 valence electrons. The van der Waals surface area contributed by atoms with Gasteiger partial charge in [0.25, 0.3) is 0 Å². The molecule has 8 aromatic carbocycles. The van der Waals surface area contributed by atoms with E-state index in [2.05, 4.69) is 181 Å². The maximum Gasteiger partial charge on any atom is 0.140 e. The van der Waals surface area contributed by atoms with Gasteiger partial charge in [-0.25, -0.2) is 4.98 Å². The van der Waals surface area contributed by atoms with Crippen LogP contribution in [-0.4, -0.2) is 9.55 Å². The van der Waals surface area contributed by atoms with Crippen molar-refractivity contribution in [2.75, 3.05) is 0 Å². The summed E-state index contributed by atoms with van der Waals surface area (Å²) in [6.07, 6.45) is 0. The minimum absolute atomic E-state index is 0.976. The Morgan fingerprint density at radius 2 is 0.812 bits per heavy atom. The van der Waals surface area contributed by atoms with E-state index in [1.807, 2.05) is 6.07 Å². The second kappa shape index (κ2) is 11.5. The zero-order valence-corrected chi connectivity index (χ0v) is 26.6. The second-order valence-electron chi connectivity index (χ2n) is 12.4. The Labute approximate surface area is 280 Å². The molecule has 0 aliphatic rings. The molecule has 9 rings (SSSR count). The lowest BCUT2D eigenvalue weighted by atomic mass is 9.85. The summed E-state index contributed by atoms with van der Waals surface area (Å²) >= 11 is 0. The van der Waals surface area contributed by atoms with Crippen molar-refractivity contribution in [1.82, 2.24) is 9.55 Å². The molecule has 0 amide bonds. The van der Waals surface area contributed by atoms with Crippen LogP contribution in [0, 0.1) is 0 Å². The van der Waals surface area contributed by atoms with Gasteiger partial charge in [0.1, 0.15) is 5.82 Å². The van der Waals surface area contributed by atoms with Crippen molar-refractivity contribution < 1.29 is 0 Å². The first-order valence-electron chi connectivity index (χ1n) is 16.4. The Morgan fingerprint density at radius 1 is 0.354 bits per heavy atom. The summed E-state index contributed by atoms with van der Waals surface area (Å²) in [5.74, 6) is 0.976. The summed E-state index contributed by atoms with van der Waals surface area (Å²) < 4.78 is 2.18. The lowest BCUT2D eigenvalue weighted by Crippen LogP contribution is -1.92. The van der Waals surface area contributed by atoms with Crippen molar-refractivity contribution in [2.45, 2.75) is 0 Å². The molecule has 0 unspecified atom stereocenters. The highest BCUT2D eigenvalue weighted by Gasteiger charge is 2.18. The molecule has 0 N–H and O–H groups in total. The smallest absolute Gasteiger partial charge is 0.140 e. The fourth-order valence-electron chi connectivity index (χ4n) is 7.29. The van der Waals surface area contributed by atoms with Crippen LogP contribution in [0.5, 0.6) is 0 Å². The van der Waals surface area contributed by atoms with Gasteiger partial charge in [0, 0.05) is 12.6 Å². The van der Waals surface area contributed by atoms with E-state index < -0.39 is 0 Å². The van der Waals surface area contributed by atoms with Gasteiger partial charge in [-0.05, 0) is 90.3 Å². The fraction of sp³-hybridized carbons (Fsp3) is 0.0217. The number of hydrogen-bond donors (Lipinski definition) is 0. The third-order valence-electron chi connectivity index (χ3n) is 9.59. The maximum absolute atomic E-state index is 5.04. The van der Waals surface area contributed by atoms with Crippen LogP contribution in [-0.2, 0) is 7.05 Å². The summed E-state index contributed by atoms with van der Waals surface area (Å²) in [6.45, 7) is 0. The Kier molecular flexibility index (Phi) is 6.72. The van der Waals surface area contributed by atoms with Crippen LogP contribution in [0.2, 0.25) is 0 Å². The van der Waals surface area contributed by atoms with Crippen molar-refractivity contribution in [1.29, 1.82) is 0 Å². The Bertz CT molecular complexity index is 2600. The quantitative estimate of drug-likeness (QED) is 0.177. The minimum Gasteiger partial charge on any atom is -0.327 e. The van der Waals surface area contributed by atoms with E-state index >= 15 is 0 Å². The molecule has 48 heavy (non-hydrogen) atoms. The van der Waals surface area contributed by atoms with Gasteiger partial charge in [0.05, 0.1) is 11.0 Å². The van der Waals surface area contributed by atoms with Crippen LogP contribution < -0.4 is 0 Å². The highest BCUT2D eigenvalue weighted by atomic mass is 15.1. The predicted molar refractivity (Wildman–Crippen MR) is 203 cm³/mol. The fourth-order valence-corrected chi connectivity index (χ4v) is 7.29. The number of benzene rings is 8. The Morgan fingerprint density at radius 3 is 1.44 bits per heavy atom. The number of nitrogens with zero attached hydrogens (tertiary/aromatic N) is 2. The first-order valence-corrected chi connectivity index (χ1v) is 16.4. The van der Waals surface area contributed by atoms with Gasteiger partial charge in [-0.1, -0.05) is 152 Å². The topological polar surface area (TPSA) is 17.8 Å². The van der Waals surface area contributed by atoms with Crippen molar-refractivity contribution in [2.24, 2.45) is 7.05 Å². The first-order chi connectivity index (χ1) is 23.7. The molecule has 0 bridgehead atoms. The van der Waals surface area contributed by atoms with Gasteiger partial charge in [-0.2, -0.15) is 0 Å². The van der Waals surface area contributed by atoms with E-state index in [1.165, 1.54) is 60.5 Å². The summed E-state index contributed by atoms with van der Waals surface area (Å²) in [5, 5.41) is 5.04. The van der Waals surface area contributed by atoms with Crippen molar-refractivity contribution in [3.05, 3.63) is 176 Å². The highest BCUT2D eigenvalue weighted by Crippen LogP contribution is 2.45. The molecule has 0 saturated carbocycles. The molecule has 0 saturated heterocycles. The van der Waals surface area contributed by atoms with Gasteiger partial charge in [0.15, 0.2) is 0 Å². The van der Waals surface area contributed by atoms with Crippen molar-refractivity contribution in [3.63, 3.8) is 0 Å². The van der Waals surface area contributed by atoms with Gasteiger partial charge in [0.2, 0.25) is 0 Å². The number of hydrogen-bond acceptors (Lipinski definition) is 1. The zero-order valence-electron chi connectivity index (χ0n) is 26.6. The van der Waals surface area contributed by atoms with Gasteiger partial charge in [-0.15, -0.1) is 0 Å². The second-order valence-corrected chi connectivity index (χ2v) is 12.4. The summed E-state index contributed by atoms with van der Waals surface area (Å²) in [6, 6.07) is 63.4. The summed E-state index contributed by atoms with van der Waals surface area (Å²) in [4.78, 5) is 5.04. The molecule has 0 aliphatic carbocycles. The van der Waals surface area contributed by atoms with Gasteiger partial charge >= 0.3 is 0 Å². The van der Waals surface area contributed by atoms with Crippen molar-refractivity contribution in [3.8, 4) is 55.9 Å². The molecule has 0 aliphatic heterocycles. The molecular weight excluding hydrogens is 581 g/mol. The molecule has 2 heteroatoms. The molecule has 1 heterocycles. The van der Waals surface area contributed by atoms with E-state index in [1.54, 1.807) is 0 Å². The third kappa shape index (κ3) is 4.70. The number of rotatable bonds is 5. The summed E-state index contributed by atoms with van der Waals surface area (Å²) in [7, 11) is 2.09. The monoisotopic (exact) mass is 612 g/mol. The first kappa shape index (κ1) is 28.0. The third-order valence-corrected chi connectivity index (χ3v) is 9.59. The van der Waals surface area contributed by atoms with Crippen LogP contribution in [0.4, 0.5) is 0 Å².